The van der Waals surface area contributed by atoms with E-state index < -0.39 is 14.9 Å². The van der Waals surface area contributed by atoms with Gasteiger partial charge < -0.3 is 0 Å². The number of nitro groups is 1. The summed E-state index contributed by atoms with van der Waals surface area (Å²) in [6.45, 7) is 3.38. The van der Waals surface area contributed by atoms with Gasteiger partial charge in [-0.2, -0.15) is 18.4 Å². The van der Waals surface area contributed by atoms with E-state index in [4.69, 9.17) is 11.6 Å². The van der Waals surface area contributed by atoms with Gasteiger partial charge >= 0.3 is 0 Å². The van der Waals surface area contributed by atoms with Crippen LogP contribution in [0.5, 0.6) is 0 Å². The van der Waals surface area contributed by atoms with Crippen molar-refractivity contribution in [1.29, 1.82) is 0 Å². The third-order valence-electron chi connectivity index (χ3n) is 3.23. The first-order valence-corrected chi connectivity index (χ1v) is 8.64. The highest BCUT2D eigenvalue weighted by Crippen LogP contribution is 2.25. The summed E-state index contributed by atoms with van der Waals surface area (Å²) in [7, 11) is -3.81. The van der Waals surface area contributed by atoms with Crippen LogP contribution in [0.4, 0.5) is 5.69 Å². The number of aryl methyl sites for hydroxylation is 1. The Morgan fingerprint density at radius 2 is 1.83 bits per heavy atom. The largest absolute Gasteiger partial charge is 0.288 e. The van der Waals surface area contributed by atoms with Crippen molar-refractivity contribution in [2.75, 3.05) is 0 Å². The number of hydrogen-bond acceptors (Lipinski definition) is 5. The van der Waals surface area contributed by atoms with E-state index >= 15 is 0 Å². The number of halogens is 1. The van der Waals surface area contributed by atoms with E-state index in [1.165, 1.54) is 37.3 Å². The topological polar surface area (TPSA) is 102 Å². The SMILES string of the molecule is C/C(=N\NS(=O)(=O)c1ccc(C)cc1)c1ccc(Cl)c([N+](=O)[O-])c1. The van der Waals surface area contributed by atoms with Crippen LogP contribution in [-0.2, 0) is 10.0 Å². The number of rotatable bonds is 5. The molecule has 0 atom stereocenters. The number of sulfonamides is 1. The second-order valence-electron chi connectivity index (χ2n) is 5.03. The van der Waals surface area contributed by atoms with Gasteiger partial charge in [0.15, 0.2) is 0 Å². The minimum atomic E-state index is -3.81. The zero-order chi connectivity index (χ0) is 17.9. The summed E-state index contributed by atoms with van der Waals surface area (Å²) in [5, 5.41) is 14.7. The average Bonchev–Trinajstić information content (AvgIpc) is 2.53. The maximum absolute atomic E-state index is 12.2. The Morgan fingerprint density at radius 3 is 2.42 bits per heavy atom. The summed E-state index contributed by atoms with van der Waals surface area (Å²) in [5.74, 6) is 0. The van der Waals surface area contributed by atoms with Crippen molar-refractivity contribution in [3.63, 3.8) is 0 Å². The molecule has 0 aromatic heterocycles. The highest BCUT2D eigenvalue weighted by Gasteiger charge is 2.15. The molecule has 0 fully saturated rings. The third-order valence-corrected chi connectivity index (χ3v) is 4.77. The first kappa shape index (κ1) is 17.9. The molecule has 7 nitrogen and oxygen atoms in total. The van der Waals surface area contributed by atoms with Gasteiger partial charge in [-0.05, 0) is 32.0 Å². The van der Waals surface area contributed by atoms with E-state index in [-0.39, 0.29) is 21.3 Å². The maximum Gasteiger partial charge on any atom is 0.288 e. The molecule has 1 N–H and O–H groups in total. The molecule has 2 rings (SSSR count). The predicted molar refractivity (Wildman–Crippen MR) is 91.8 cm³/mol. The fourth-order valence-electron chi connectivity index (χ4n) is 1.84. The van der Waals surface area contributed by atoms with Crippen molar-refractivity contribution in [2.45, 2.75) is 18.7 Å². The lowest BCUT2D eigenvalue weighted by atomic mass is 10.1. The quantitative estimate of drug-likeness (QED) is 0.497. The summed E-state index contributed by atoms with van der Waals surface area (Å²) in [4.78, 5) is 12.5. The first-order valence-electron chi connectivity index (χ1n) is 6.78. The van der Waals surface area contributed by atoms with Gasteiger partial charge in [-0.1, -0.05) is 35.4 Å². The molecule has 0 aliphatic carbocycles. The highest BCUT2D eigenvalue weighted by atomic mass is 35.5. The van der Waals surface area contributed by atoms with Gasteiger partial charge in [0.05, 0.1) is 15.5 Å². The number of nitro benzene ring substituents is 1. The van der Waals surface area contributed by atoms with Crippen molar-refractivity contribution in [3.8, 4) is 0 Å². The molecular weight excluding hydrogens is 354 g/mol. The van der Waals surface area contributed by atoms with Crippen molar-refractivity contribution < 1.29 is 13.3 Å². The Balaban J connectivity index is 2.27. The molecule has 0 aliphatic heterocycles. The van der Waals surface area contributed by atoms with E-state index in [0.717, 1.165) is 5.56 Å². The van der Waals surface area contributed by atoms with E-state index in [9.17, 15) is 18.5 Å². The molecule has 0 saturated carbocycles. The molecule has 0 radical (unpaired) electrons. The van der Waals surface area contributed by atoms with Crippen molar-refractivity contribution >= 4 is 33.0 Å². The molecule has 0 bridgehead atoms. The van der Waals surface area contributed by atoms with Crippen LogP contribution in [0.1, 0.15) is 18.1 Å². The summed E-state index contributed by atoms with van der Waals surface area (Å²) in [5.41, 5.74) is 1.32. The summed E-state index contributed by atoms with van der Waals surface area (Å²) >= 11 is 5.75. The molecule has 0 saturated heterocycles. The Labute approximate surface area is 144 Å². The van der Waals surface area contributed by atoms with Gasteiger partial charge in [0.2, 0.25) is 0 Å². The van der Waals surface area contributed by atoms with Crippen molar-refractivity contribution in [1.82, 2.24) is 4.83 Å². The summed E-state index contributed by atoms with van der Waals surface area (Å²) < 4.78 is 24.3. The Kier molecular flexibility index (Phi) is 5.20. The minimum absolute atomic E-state index is 0.00298. The Bertz CT molecular complexity index is 909. The van der Waals surface area contributed by atoms with Crippen molar-refractivity contribution in [3.05, 3.63) is 68.7 Å². The number of hydrogen-bond donors (Lipinski definition) is 1. The number of benzene rings is 2. The molecule has 126 valence electrons. The molecule has 24 heavy (non-hydrogen) atoms. The van der Waals surface area contributed by atoms with Gasteiger partial charge in [-0.25, -0.2) is 0 Å². The first-order chi connectivity index (χ1) is 11.2. The second kappa shape index (κ2) is 6.98. The van der Waals surface area contributed by atoms with Crippen LogP contribution in [0, 0.1) is 17.0 Å². The third kappa shape index (κ3) is 4.09. The monoisotopic (exact) mass is 367 g/mol. The number of nitrogens with zero attached hydrogens (tertiary/aromatic N) is 2. The molecule has 2 aromatic carbocycles. The lowest BCUT2D eigenvalue weighted by Gasteiger charge is -2.06. The molecule has 0 amide bonds. The highest BCUT2D eigenvalue weighted by molar-refractivity contribution is 7.89. The Morgan fingerprint density at radius 1 is 1.21 bits per heavy atom. The Hall–Kier alpha value is -2.45. The second-order valence-corrected chi connectivity index (χ2v) is 7.10. The molecule has 0 spiro atoms. The fourth-order valence-corrected chi connectivity index (χ4v) is 2.88. The van der Waals surface area contributed by atoms with Gasteiger partial charge in [-0.3, -0.25) is 10.1 Å². The summed E-state index contributed by atoms with van der Waals surface area (Å²) in [6.07, 6.45) is 0. The van der Waals surface area contributed by atoms with Crippen molar-refractivity contribution in [2.24, 2.45) is 5.10 Å². The van der Waals surface area contributed by atoms with Crippen LogP contribution in [0.3, 0.4) is 0 Å². The van der Waals surface area contributed by atoms with Crippen LogP contribution in [-0.4, -0.2) is 19.1 Å². The molecule has 2 aromatic rings. The minimum Gasteiger partial charge on any atom is -0.258 e. The average molecular weight is 368 g/mol. The molecule has 0 heterocycles. The van der Waals surface area contributed by atoms with Crippen LogP contribution in [0.15, 0.2) is 52.5 Å². The zero-order valence-corrected chi connectivity index (χ0v) is 14.4. The standard InChI is InChI=1S/C15H14ClN3O4S/c1-10-3-6-13(7-4-10)24(22,23)18-17-11(2)12-5-8-14(16)15(9-12)19(20)21/h3-9,18H,1-2H3/b17-11+. The van der Waals surface area contributed by atoms with Gasteiger partial charge in [0, 0.05) is 11.6 Å². The van der Waals surface area contributed by atoms with Gasteiger partial charge in [-0.15, -0.1) is 0 Å². The smallest absolute Gasteiger partial charge is 0.258 e. The van der Waals surface area contributed by atoms with E-state index in [1.54, 1.807) is 12.1 Å². The number of hydrazone groups is 1. The lowest BCUT2D eigenvalue weighted by molar-refractivity contribution is -0.384. The normalized spacial score (nSPS) is 12.0. The maximum atomic E-state index is 12.2. The van der Waals surface area contributed by atoms with Crippen LogP contribution >= 0.6 is 11.6 Å². The molecule has 0 aliphatic rings. The van der Waals surface area contributed by atoms with Crippen LogP contribution < -0.4 is 4.83 Å². The molecule has 0 unspecified atom stereocenters. The zero-order valence-electron chi connectivity index (χ0n) is 12.9. The van der Waals surface area contributed by atoms with Gasteiger partial charge in [0.1, 0.15) is 5.02 Å². The van der Waals surface area contributed by atoms with Crippen LogP contribution in [0.25, 0.3) is 0 Å². The predicted octanol–water partition coefficient (Wildman–Crippen LogP) is 3.26. The summed E-state index contributed by atoms with van der Waals surface area (Å²) in [6, 6.07) is 10.4. The van der Waals surface area contributed by atoms with E-state index in [1.807, 2.05) is 6.92 Å². The van der Waals surface area contributed by atoms with E-state index in [0.29, 0.717) is 5.56 Å². The molecular formula is C15H14ClN3O4S. The van der Waals surface area contributed by atoms with E-state index in [2.05, 4.69) is 9.93 Å². The lowest BCUT2D eigenvalue weighted by Crippen LogP contribution is -2.20. The molecule has 9 heteroatoms. The fraction of sp³-hybridized carbons (Fsp3) is 0.133. The number of nitrogens with one attached hydrogen (secondary N) is 1. The van der Waals surface area contributed by atoms with Gasteiger partial charge in [0.25, 0.3) is 15.7 Å². The van der Waals surface area contributed by atoms with Crippen LogP contribution in [0.2, 0.25) is 5.02 Å².